The van der Waals surface area contributed by atoms with Gasteiger partial charge in [0.1, 0.15) is 0 Å². The lowest BCUT2D eigenvalue weighted by atomic mass is 9.65. The summed E-state index contributed by atoms with van der Waals surface area (Å²) in [6.07, 6.45) is 4.32. The van der Waals surface area contributed by atoms with Gasteiger partial charge in [-0.05, 0) is 57.8 Å². The van der Waals surface area contributed by atoms with Gasteiger partial charge in [0.25, 0.3) is 8.32 Å². The Morgan fingerprint density at radius 1 is 0.931 bits per heavy atom. The fourth-order valence-electron chi connectivity index (χ4n) is 5.48. The van der Waals surface area contributed by atoms with Gasteiger partial charge >= 0.3 is 0 Å². The van der Waals surface area contributed by atoms with E-state index in [4.69, 9.17) is 0 Å². The Morgan fingerprint density at radius 3 is 1.83 bits per heavy atom. The van der Waals surface area contributed by atoms with E-state index in [2.05, 4.69) is 58.9 Å². The standard InChI is InChI=1S/C26H38O2Si/c1-24(2,18-16-21-17-19-26(5,20-27)25(21,3)4)29(28,22-12-8-6-9-13-22)23-14-10-7-11-15-23/h6-15,21,27-28H,16-20H2,1-5H3/t21-,26-/m1/s1. The summed E-state index contributed by atoms with van der Waals surface area (Å²) in [5.74, 6) is 0.573. The van der Waals surface area contributed by atoms with Gasteiger partial charge in [-0.15, -0.1) is 0 Å². The molecular weight excluding hydrogens is 372 g/mol. The van der Waals surface area contributed by atoms with Crippen molar-refractivity contribution in [1.29, 1.82) is 0 Å². The predicted octanol–water partition coefficient (Wildman–Crippen LogP) is 4.73. The molecule has 0 aliphatic heterocycles. The van der Waals surface area contributed by atoms with E-state index in [1.54, 1.807) is 0 Å². The smallest absolute Gasteiger partial charge is 0.258 e. The van der Waals surface area contributed by atoms with E-state index < -0.39 is 8.32 Å². The van der Waals surface area contributed by atoms with Crippen LogP contribution in [0.25, 0.3) is 0 Å². The van der Waals surface area contributed by atoms with Gasteiger partial charge in [0.05, 0.1) is 0 Å². The molecule has 0 radical (unpaired) electrons. The van der Waals surface area contributed by atoms with Gasteiger partial charge in [-0.25, -0.2) is 0 Å². The summed E-state index contributed by atoms with van der Waals surface area (Å²) >= 11 is 0. The molecule has 2 aromatic carbocycles. The van der Waals surface area contributed by atoms with Crippen molar-refractivity contribution in [1.82, 2.24) is 0 Å². The average molecular weight is 411 g/mol. The Kier molecular flexibility index (Phi) is 6.15. The fraction of sp³-hybridized carbons (Fsp3) is 0.538. The number of benzene rings is 2. The van der Waals surface area contributed by atoms with Crippen LogP contribution in [0.3, 0.4) is 0 Å². The summed E-state index contributed by atoms with van der Waals surface area (Å²) in [5, 5.41) is 12.0. The molecule has 29 heavy (non-hydrogen) atoms. The molecule has 1 fully saturated rings. The first kappa shape index (κ1) is 22.3. The quantitative estimate of drug-likeness (QED) is 0.648. The van der Waals surface area contributed by atoms with Crippen LogP contribution in [0.5, 0.6) is 0 Å². The summed E-state index contributed by atoms with van der Waals surface area (Å²) in [6.45, 7) is 11.7. The number of hydrogen-bond acceptors (Lipinski definition) is 2. The summed E-state index contributed by atoms with van der Waals surface area (Å²) in [6, 6.07) is 20.6. The van der Waals surface area contributed by atoms with Crippen LogP contribution in [0.15, 0.2) is 60.7 Å². The van der Waals surface area contributed by atoms with Crippen molar-refractivity contribution in [2.45, 2.75) is 65.3 Å². The van der Waals surface area contributed by atoms with Crippen molar-refractivity contribution in [3.8, 4) is 0 Å². The molecule has 1 aliphatic carbocycles. The SMILES string of the molecule is CC1(C)[C@H](CCC(C)(C)[Si](O)(c2ccccc2)c2ccccc2)CC[C@]1(C)CO. The molecule has 0 aromatic heterocycles. The molecule has 0 heterocycles. The minimum atomic E-state index is -2.94. The Labute approximate surface area is 178 Å². The van der Waals surface area contributed by atoms with Crippen LogP contribution in [-0.2, 0) is 0 Å². The third-order valence-electron chi connectivity index (χ3n) is 8.45. The van der Waals surface area contributed by atoms with Crippen LogP contribution >= 0.6 is 0 Å². The lowest BCUT2D eigenvalue weighted by Crippen LogP contribution is -2.65. The Hall–Kier alpha value is -1.42. The molecule has 0 saturated heterocycles. The molecule has 1 aliphatic rings. The third kappa shape index (κ3) is 3.73. The van der Waals surface area contributed by atoms with Gasteiger partial charge in [0.15, 0.2) is 0 Å². The molecule has 0 amide bonds. The molecule has 2 N–H and O–H groups in total. The van der Waals surface area contributed by atoms with Gasteiger partial charge in [-0.3, -0.25) is 0 Å². The summed E-state index contributed by atoms with van der Waals surface area (Å²) in [4.78, 5) is 12.3. The molecule has 2 nitrogen and oxygen atoms in total. The highest BCUT2D eigenvalue weighted by Crippen LogP contribution is 2.58. The Bertz CT molecular complexity index is 760. The highest BCUT2D eigenvalue weighted by atomic mass is 28.4. The Morgan fingerprint density at radius 2 is 1.41 bits per heavy atom. The maximum Gasteiger partial charge on any atom is 0.258 e. The first-order valence-corrected chi connectivity index (χ1v) is 13.0. The molecule has 0 spiro atoms. The summed E-state index contributed by atoms with van der Waals surface area (Å²) in [7, 11) is -2.94. The van der Waals surface area contributed by atoms with E-state index in [1.165, 1.54) is 0 Å². The largest absolute Gasteiger partial charge is 0.424 e. The van der Waals surface area contributed by atoms with Crippen LogP contribution in [0.1, 0.15) is 60.3 Å². The van der Waals surface area contributed by atoms with E-state index in [9.17, 15) is 9.90 Å². The second-order valence-electron chi connectivity index (χ2n) is 10.5. The number of rotatable bonds is 7. The lowest BCUT2D eigenvalue weighted by molar-refractivity contribution is 0.0226. The second kappa shape index (κ2) is 8.01. The molecule has 3 heteroatoms. The molecule has 2 aromatic rings. The summed E-state index contributed by atoms with van der Waals surface area (Å²) in [5.41, 5.74) is 0.103. The molecule has 0 bridgehead atoms. The molecule has 158 valence electrons. The monoisotopic (exact) mass is 410 g/mol. The molecule has 3 rings (SSSR count). The van der Waals surface area contributed by atoms with E-state index in [0.717, 1.165) is 36.1 Å². The van der Waals surface area contributed by atoms with Crippen molar-refractivity contribution in [2.75, 3.05) is 6.61 Å². The van der Waals surface area contributed by atoms with Crippen molar-refractivity contribution in [3.63, 3.8) is 0 Å². The van der Waals surface area contributed by atoms with Crippen molar-refractivity contribution < 1.29 is 9.90 Å². The Balaban J connectivity index is 1.91. The molecule has 1 saturated carbocycles. The average Bonchev–Trinajstić information content (AvgIpc) is 2.96. The summed E-state index contributed by atoms with van der Waals surface area (Å²) < 4.78 is 0. The van der Waals surface area contributed by atoms with Gasteiger partial charge < -0.3 is 9.90 Å². The zero-order valence-electron chi connectivity index (χ0n) is 18.8. The van der Waals surface area contributed by atoms with Crippen molar-refractivity contribution in [3.05, 3.63) is 60.7 Å². The lowest BCUT2D eigenvalue weighted by Gasteiger charge is -2.44. The number of hydrogen-bond donors (Lipinski definition) is 2. The zero-order chi connectivity index (χ0) is 21.3. The van der Waals surface area contributed by atoms with Crippen LogP contribution in [0.4, 0.5) is 0 Å². The minimum absolute atomic E-state index is 0.00555. The van der Waals surface area contributed by atoms with Crippen LogP contribution in [-0.4, -0.2) is 24.8 Å². The molecule has 2 atom stereocenters. The van der Waals surface area contributed by atoms with Crippen molar-refractivity contribution >= 4 is 18.7 Å². The first-order valence-electron chi connectivity index (χ1n) is 11.0. The van der Waals surface area contributed by atoms with Crippen LogP contribution in [0.2, 0.25) is 5.04 Å². The molecular formula is C26H38O2Si. The number of aliphatic hydroxyl groups is 1. The maximum absolute atomic E-state index is 12.3. The first-order chi connectivity index (χ1) is 13.6. The van der Waals surface area contributed by atoms with Gasteiger partial charge in [-0.2, -0.15) is 0 Å². The van der Waals surface area contributed by atoms with E-state index in [-0.39, 0.29) is 22.5 Å². The van der Waals surface area contributed by atoms with Gasteiger partial charge in [-0.1, -0.05) is 95.3 Å². The van der Waals surface area contributed by atoms with Gasteiger partial charge in [0.2, 0.25) is 0 Å². The normalized spacial score (nSPS) is 24.6. The molecule has 0 unspecified atom stereocenters. The number of aliphatic hydroxyl groups excluding tert-OH is 1. The second-order valence-corrected chi connectivity index (χ2v) is 14.5. The fourth-order valence-corrected chi connectivity index (χ4v) is 9.23. The highest BCUT2D eigenvalue weighted by Gasteiger charge is 2.53. The third-order valence-corrected chi connectivity index (χ3v) is 13.0. The highest BCUT2D eigenvalue weighted by molar-refractivity contribution is 6.98. The van der Waals surface area contributed by atoms with Gasteiger partial charge in [0, 0.05) is 6.61 Å². The topological polar surface area (TPSA) is 40.5 Å². The minimum Gasteiger partial charge on any atom is -0.424 e. The van der Waals surface area contributed by atoms with E-state index in [1.807, 2.05) is 36.4 Å². The van der Waals surface area contributed by atoms with E-state index >= 15 is 0 Å². The predicted molar refractivity (Wildman–Crippen MR) is 125 cm³/mol. The maximum atomic E-state index is 12.3. The van der Waals surface area contributed by atoms with Crippen LogP contribution < -0.4 is 10.4 Å². The van der Waals surface area contributed by atoms with Crippen LogP contribution in [0, 0.1) is 16.7 Å². The van der Waals surface area contributed by atoms with Crippen molar-refractivity contribution in [2.24, 2.45) is 16.7 Å². The van der Waals surface area contributed by atoms with E-state index in [0.29, 0.717) is 5.92 Å². The zero-order valence-corrected chi connectivity index (χ0v) is 19.8.